The molecule has 1 fully saturated rings. The van der Waals surface area contributed by atoms with Gasteiger partial charge in [0.1, 0.15) is 25.0 Å². The number of carbonyl (C=O) groups excluding carboxylic acids is 3. The highest BCUT2D eigenvalue weighted by atomic mass is 16.6. The van der Waals surface area contributed by atoms with Gasteiger partial charge in [0, 0.05) is 0 Å². The molecule has 10 nitrogen and oxygen atoms in total. The summed E-state index contributed by atoms with van der Waals surface area (Å²) in [6.07, 6.45) is -2.18. The van der Waals surface area contributed by atoms with E-state index in [1.54, 1.807) is 0 Å². The molecule has 5 N–H and O–H groups in total. The summed E-state index contributed by atoms with van der Waals surface area (Å²) in [6.45, 7) is 6.37. The molecule has 2 rings (SSSR count). The van der Waals surface area contributed by atoms with E-state index in [4.69, 9.17) is 14.6 Å². The molecule has 0 radical (unpaired) electrons. The van der Waals surface area contributed by atoms with Crippen molar-refractivity contribution in [2.75, 3.05) is 12.0 Å². The second-order valence-electron chi connectivity index (χ2n) is 8.12. The van der Waals surface area contributed by atoms with E-state index in [2.05, 4.69) is 10.6 Å². The van der Waals surface area contributed by atoms with Crippen molar-refractivity contribution in [1.82, 2.24) is 5.32 Å². The molecule has 1 saturated heterocycles. The molecule has 1 aliphatic rings. The fourth-order valence-electron chi connectivity index (χ4n) is 3.51. The maximum Gasteiger partial charge on any atom is 0.332 e. The third-order valence-electron chi connectivity index (χ3n) is 5.71. The number of carbonyl (C=O) groups is 3. The molecule has 6 unspecified atom stereocenters. The molecule has 0 aromatic heterocycles. The van der Waals surface area contributed by atoms with Crippen molar-refractivity contribution in [3.05, 3.63) is 23.8 Å². The zero-order chi connectivity index (χ0) is 24.0. The maximum atomic E-state index is 12.8. The number of hydrogen-bond donors (Lipinski definition) is 5. The number of esters is 2. The molecule has 0 saturated carbocycles. The van der Waals surface area contributed by atoms with Gasteiger partial charge in [-0.15, -0.1) is 0 Å². The van der Waals surface area contributed by atoms with Gasteiger partial charge in [-0.05, 0) is 38.3 Å². The number of ether oxygens (including phenoxy) is 2. The number of anilines is 1. The number of benzene rings is 1. The predicted octanol–water partition coefficient (Wildman–Crippen LogP) is 1.14. The number of rotatable bonds is 7. The molecule has 10 heteroatoms. The molecule has 0 bridgehead atoms. The van der Waals surface area contributed by atoms with E-state index in [0.717, 1.165) is 6.42 Å². The number of hydrogen-bond acceptors (Lipinski definition) is 9. The third-order valence-corrected chi connectivity index (χ3v) is 5.71. The van der Waals surface area contributed by atoms with Crippen LogP contribution in [0.1, 0.15) is 50.9 Å². The molecular formula is C22H32N2O8. The minimum atomic E-state index is -1.36. The fourth-order valence-corrected chi connectivity index (χ4v) is 3.51. The molecule has 32 heavy (non-hydrogen) atoms. The summed E-state index contributed by atoms with van der Waals surface area (Å²) in [6, 6.07) is 2.91. The molecule has 1 aromatic carbocycles. The first kappa shape index (κ1) is 25.4. The maximum absolute atomic E-state index is 12.8. The van der Waals surface area contributed by atoms with Crippen LogP contribution >= 0.6 is 0 Å². The normalized spacial score (nSPS) is 27.2. The lowest BCUT2D eigenvalue weighted by Crippen LogP contribution is -2.50. The first-order valence-corrected chi connectivity index (χ1v) is 10.7. The lowest BCUT2D eigenvalue weighted by atomic mass is 9.88. The Kier molecular flexibility index (Phi) is 8.85. The molecule has 1 heterocycles. The number of para-hydroxylation sites is 1. The molecule has 6 atom stereocenters. The van der Waals surface area contributed by atoms with Crippen LogP contribution in [0.4, 0.5) is 5.69 Å². The summed E-state index contributed by atoms with van der Waals surface area (Å²) in [4.78, 5) is 38.3. The van der Waals surface area contributed by atoms with Crippen LogP contribution in [0.25, 0.3) is 0 Å². The van der Waals surface area contributed by atoms with Crippen LogP contribution in [0.3, 0.4) is 0 Å². The highest BCUT2D eigenvalue weighted by molar-refractivity contribution is 6.00. The summed E-state index contributed by atoms with van der Waals surface area (Å²) in [5, 5.41) is 34.8. The molecule has 1 aliphatic heterocycles. The molecule has 178 valence electrons. The van der Waals surface area contributed by atoms with Gasteiger partial charge >= 0.3 is 11.9 Å². The fraction of sp³-hybridized carbons (Fsp3) is 0.591. The average Bonchev–Trinajstić information content (AvgIpc) is 2.77. The number of cyclic esters (lactones) is 2. The minimum absolute atomic E-state index is 0.126. The van der Waals surface area contributed by atoms with E-state index in [-0.39, 0.29) is 17.2 Å². The van der Waals surface area contributed by atoms with Gasteiger partial charge in [0.15, 0.2) is 11.8 Å². The molecular weight excluding hydrogens is 420 g/mol. The minimum Gasteiger partial charge on any atom is -0.505 e. The van der Waals surface area contributed by atoms with Crippen LogP contribution in [0.15, 0.2) is 18.2 Å². The highest BCUT2D eigenvalue weighted by Gasteiger charge is 2.41. The molecule has 1 aromatic rings. The summed E-state index contributed by atoms with van der Waals surface area (Å²) in [5.41, 5.74) is -0.0290. The number of aliphatic hydroxyl groups is 2. The van der Waals surface area contributed by atoms with E-state index in [9.17, 15) is 24.6 Å². The van der Waals surface area contributed by atoms with Gasteiger partial charge in [-0.3, -0.25) is 9.59 Å². The van der Waals surface area contributed by atoms with Gasteiger partial charge in [0.25, 0.3) is 5.91 Å². The number of nitrogens with one attached hydrogen (secondary N) is 2. The van der Waals surface area contributed by atoms with E-state index in [1.807, 2.05) is 13.8 Å². The Balaban J connectivity index is 2.27. The van der Waals surface area contributed by atoms with Gasteiger partial charge in [-0.2, -0.15) is 0 Å². The standard InChI is InChI=1S/C22H32N2O8/c1-5-11(2)9-15-18(26)13(4)32-22(30)17(12(3)31-21(15)29)24-20(28)14-7-6-8-16(19(14)27)23-10-25/h6-8,11-13,15,17-18,23,25-27H,5,9-10H2,1-4H3,(H,24,28). The third kappa shape index (κ3) is 5.89. The molecule has 0 aliphatic carbocycles. The van der Waals surface area contributed by atoms with Gasteiger partial charge in [0.05, 0.1) is 17.2 Å². The van der Waals surface area contributed by atoms with Gasteiger partial charge in [-0.1, -0.05) is 26.3 Å². The van der Waals surface area contributed by atoms with Crippen molar-refractivity contribution in [3.63, 3.8) is 0 Å². The zero-order valence-corrected chi connectivity index (χ0v) is 18.7. The zero-order valence-electron chi connectivity index (χ0n) is 18.7. The molecule has 1 amide bonds. The summed E-state index contributed by atoms with van der Waals surface area (Å²) >= 11 is 0. The predicted molar refractivity (Wildman–Crippen MR) is 115 cm³/mol. The Hall–Kier alpha value is -2.85. The van der Waals surface area contributed by atoms with Crippen molar-refractivity contribution < 1.29 is 39.2 Å². The number of amides is 1. The van der Waals surface area contributed by atoms with E-state index in [1.165, 1.54) is 32.0 Å². The average molecular weight is 453 g/mol. The monoisotopic (exact) mass is 452 g/mol. The van der Waals surface area contributed by atoms with Crippen molar-refractivity contribution >= 4 is 23.5 Å². The van der Waals surface area contributed by atoms with E-state index < -0.39 is 60.6 Å². The second-order valence-corrected chi connectivity index (χ2v) is 8.12. The first-order valence-electron chi connectivity index (χ1n) is 10.7. The summed E-state index contributed by atoms with van der Waals surface area (Å²) in [5.74, 6) is -3.52. The van der Waals surface area contributed by atoms with E-state index >= 15 is 0 Å². The quantitative estimate of drug-likeness (QED) is 0.233. The number of aromatic hydroxyl groups is 1. The van der Waals surface area contributed by atoms with Crippen molar-refractivity contribution in [2.45, 2.75) is 64.9 Å². The Morgan fingerprint density at radius 2 is 1.81 bits per heavy atom. The number of phenols is 1. The second kappa shape index (κ2) is 11.1. The van der Waals surface area contributed by atoms with Crippen LogP contribution in [-0.2, 0) is 19.1 Å². The van der Waals surface area contributed by atoms with Crippen LogP contribution in [-0.4, -0.2) is 64.2 Å². The lowest BCUT2D eigenvalue weighted by Gasteiger charge is -2.26. The SMILES string of the molecule is CCC(C)CC1C(=O)OC(C)C(NC(=O)c2cccc(NCO)c2O)C(=O)OC(C)C1O. The van der Waals surface area contributed by atoms with Crippen LogP contribution in [0.2, 0.25) is 0 Å². The van der Waals surface area contributed by atoms with Crippen LogP contribution in [0.5, 0.6) is 5.75 Å². The largest absolute Gasteiger partial charge is 0.505 e. The van der Waals surface area contributed by atoms with Crippen molar-refractivity contribution in [1.29, 1.82) is 0 Å². The smallest absolute Gasteiger partial charge is 0.332 e. The topological polar surface area (TPSA) is 154 Å². The van der Waals surface area contributed by atoms with Crippen molar-refractivity contribution in [2.24, 2.45) is 11.8 Å². The Morgan fingerprint density at radius 1 is 1.16 bits per heavy atom. The number of aliphatic hydroxyl groups excluding tert-OH is 2. The Bertz CT molecular complexity index is 830. The Morgan fingerprint density at radius 3 is 2.44 bits per heavy atom. The van der Waals surface area contributed by atoms with Gasteiger partial charge in [0.2, 0.25) is 0 Å². The number of phenolic OH excluding ortho intramolecular Hbond substituents is 1. The summed E-state index contributed by atoms with van der Waals surface area (Å²) < 4.78 is 10.8. The first-order chi connectivity index (χ1) is 15.1. The summed E-state index contributed by atoms with van der Waals surface area (Å²) in [7, 11) is 0. The lowest BCUT2D eigenvalue weighted by molar-refractivity contribution is -0.160. The molecule has 0 spiro atoms. The highest BCUT2D eigenvalue weighted by Crippen LogP contribution is 2.28. The Labute approximate surface area is 186 Å². The van der Waals surface area contributed by atoms with Crippen molar-refractivity contribution in [3.8, 4) is 5.75 Å². The van der Waals surface area contributed by atoms with Crippen LogP contribution < -0.4 is 10.6 Å². The van der Waals surface area contributed by atoms with Crippen LogP contribution in [0, 0.1) is 11.8 Å². The van der Waals surface area contributed by atoms with Gasteiger partial charge in [-0.25, -0.2) is 4.79 Å². The van der Waals surface area contributed by atoms with E-state index in [0.29, 0.717) is 6.42 Å². The van der Waals surface area contributed by atoms with Gasteiger partial charge < -0.3 is 35.4 Å².